The third-order valence-corrected chi connectivity index (χ3v) is 6.61. The van der Waals surface area contributed by atoms with E-state index >= 15 is 0 Å². The molecule has 0 saturated carbocycles. The molecule has 4 rings (SSSR count). The molecule has 2 heterocycles. The summed E-state index contributed by atoms with van der Waals surface area (Å²) in [7, 11) is 0. The first-order valence-corrected chi connectivity index (χ1v) is 11.8. The van der Waals surface area contributed by atoms with E-state index in [1.165, 1.54) is 27.5 Å². The molecule has 7 nitrogen and oxygen atoms in total. The summed E-state index contributed by atoms with van der Waals surface area (Å²) in [5, 5.41) is 3.41. The van der Waals surface area contributed by atoms with Crippen LogP contribution in [0.4, 0.5) is 0 Å². The standard InChI is InChI=1S/C26H32N4O3/c1-3-29-25(32)22-10-6-7-11-23(22)30(26(29)33)18-24(31)27-16-20-8-4-5-9-21(20)17-28-14-12-19(2)13-15-28/h4-11,19H,3,12-18H2,1-2H3,(H,27,31). The molecule has 1 N–H and O–H groups in total. The molecule has 1 aromatic heterocycles. The van der Waals surface area contributed by atoms with Crippen molar-refractivity contribution in [3.05, 3.63) is 80.5 Å². The number of carbonyl (C=O) groups excluding carboxylic acids is 1. The average molecular weight is 449 g/mol. The van der Waals surface area contributed by atoms with Crippen molar-refractivity contribution in [2.75, 3.05) is 13.1 Å². The van der Waals surface area contributed by atoms with Gasteiger partial charge in [-0.05, 0) is 62.0 Å². The lowest BCUT2D eigenvalue weighted by Gasteiger charge is -2.30. The fraction of sp³-hybridized carbons (Fsp3) is 0.423. The van der Waals surface area contributed by atoms with Gasteiger partial charge in [0.15, 0.2) is 0 Å². The Balaban J connectivity index is 1.49. The van der Waals surface area contributed by atoms with Crippen LogP contribution < -0.4 is 16.6 Å². The van der Waals surface area contributed by atoms with Crippen molar-refractivity contribution in [2.24, 2.45) is 5.92 Å². The highest BCUT2D eigenvalue weighted by atomic mass is 16.2. The van der Waals surface area contributed by atoms with Crippen molar-refractivity contribution in [2.45, 2.75) is 52.9 Å². The lowest BCUT2D eigenvalue weighted by atomic mass is 9.98. The van der Waals surface area contributed by atoms with Crippen LogP contribution in [-0.2, 0) is 31.0 Å². The molecule has 0 radical (unpaired) electrons. The molecule has 2 aromatic carbocycles. The van der Waals surface area contributed by atoms with E-state index in [2.05, 4.69) is 23.2 Å². The molecule has 0 aliphatic carbocycles. The number of rotatable bonds is 7. The molecule has 0 atom stereocenters. The first-order chi connectivity index (χ1) is 16.0. The smallest absolute Gasteiger partial charge is 0.331 e. The quantitative estimate of drug-likeness (QED) is 0.603. The number of nitrogens with zero attached hydrogens (tertiary/aromatic N) is 3. The molecule has 7 heteroatoms. The minimum Gasteiger partial charge on any atom is -0.350 e. The summed E-state index contributed by atoms with van der Waals surface area (Å²) in [6.45, 7) is 7.67. The summed E-state index contributed by atoms with van der Waals surface area (Å²) in [6.07, 6.45) is 2.45. The number of likely N-dealkylation sites (tertiary alicyclic amines) is 1. The molecule has 0 unspecified atom stereocenters. The molecular weight excluding hydrogens is 416 g/mol. The molecule has 1 aliphatic rings. The zero-order valence-corrected chi connectivity index (χ0v) is 19.4. The van der Waals surface area contributed by atoms with Crippen molar-refractivity contribution in [3.8, 4) is 0 Å². The predicted octanol–water partition coefficient (Wildman–Crippen LogP) is 2.73. The molecular formula is C26H32N4O3. The Bertz CT molecular complexity index is 1250. The highest BCUT2D eigenvalue weighted by Crippen LogP contribution is 2.19. The van der Waals surface area contributed by atoms with Crippen LogP contribution >= 0.6 is 0 Å². The molecule has 1 fully saturated rings. The number of amides is 1. The van der Waals surface area contributed by atoms with Crippen molar-refractivity contribution in [1.29, 1.82) is 0 Å². The molecule has 174 valence electrons. The van der Waals surface area contributed by atoms with Gasteiger partial charge in [-0.2, -0.15) is 0 Å². The third kappa shape index (κ3) is 5.09. The molecule has 1 amide bonds. The lowest BCUT2D eigenvalue weighted by molar-refractivity contribution is -0.121. The Kier molecular flexibility index (Phi) is 7.08. The summed E-state index contributed by atoms with van der Waals surface area (Å²) < 4.78 is 2.56. The van der Waals surface area contributed by atoms with E-state index < -0.39 is 5.69 Å². The van der Waals surface area contributed by atoms with Gasteiger partial charge in [0.2, 0.25) is 5.91 Å². The summed E-state index contributed by atoms with van der Waals surface area (Å²) in [6, 6.07) is 15.1. The van der Waals surface area contributed by atoms with E-state index in [4.69, 9.17) is 0 Å². The first-order valence-electron chi connectivity index (χ1n) is 11.8. The van der Waals surface area contributed by atoms with Gasteiger partial charge in [-0.3, -0.25) is 23.6 Å². The first kappa shape index (κ1) is 23.0. The van der Waals surface area contributed by atoms with Crippen LogP contribution in [0, 0.1) is 5.92 Å². The van der Waals surface area contributed by atoms with E-state index in [0.717, 1.165) is 31.1 Å². The van der Waals surface area contributed by atoms with Crippen LogP contribution in [0.2, 0.25) is 0 Å². The van der Waals surface area contributed by atoms with E-state index in [9.17, 15) is 14.4 Å². The summed E-state index contributed by atoms with van der Waals surface area (Å²) >= 11 is 0. The summed E-state index contributed by atoms with van der Waals surface area (Å²) in [5.41, 5.74) is 1.99. The molecule has 1 aliphatic heterocycles. The maximum absolute atomic E-state index is 12.9. The maximum atomic E-state index is 12.9. The van der Waals surface area contributed by atoms with Gasteiger partial charge in [-0.25, -0.2) is 4.79 Å². The fourth-order valence-corrected chi connectivity index (χ4v) is 4.54. The monoisotopic (exact) mass is 448 g/mol. The van der Waals surface area contributed by atoms with Crippen molar-refractivity contribution in [1.82, 2.24) is 19.4 Å². The van der Waals surface area contributed by atoms with Crippen LogP contribution in [-0.4, -0.2) is 33.0 Å². The largest absolute Gasteiger partial charge is 0.350 e. The SMILES string of the molecule is CCn1c(=O)c2ccccc2n(CC(=O)NCc2ccccc2CN2CCC(C)CC2)c1=O. The highest BCUT2D eigenvalue weighted by molar-refractivity contribution is 5.81. The van der Waals surface area contributed by atoms with Crippen LogP contribution in [0.15, 0.2) is 58.1 Å². The van der Waals surface area contributed by atoms with Crippen LogP contribution in [0.3, 0.4) is 0 Å². The van der Waals surface area contributed by atoms with E-state index in [1.807, 2.05) is 18.2 Å². The zero-order chi connectivity index (χ0) is 23.4. The second-order valence-electron chi connectivity index (χ2n) is 8.94. The van der Waals surface area contributed by atoms with Gasteiger partial charge in [0.1, 0.15) is 6.54 Å². The topological polar surface area (TPSA) is 76.3 Å². The number of nitrogens with one attached hydrogen (secondary N) is 1. The van der Waals surface area contributed by atoms with Crippen LogP contribution in [0.25, 0.3) is 10.9 Å². The molecule has 1 saturated heterocycles. The second-order valence-corrected chi connectivity index (χ2v) is 8.94. The summed E-state index contributed by atoms with van der Waals surface area (Å²) in [5.74, 6) is 0.530. The minimum atomic E-state index is -0.462. The number of aromatic nitrogens is 2. The number of carbonyl (C=O) groups is 1. The number of piperidine rings is 1. The van der Waals surface area contributed by atoms with Crippen LogP contribution in [0.1, 0.15) is 37.8 Å². The number of benzene rings is 2. The minimum absolute atomic E-state index is 0.133. The molecule has 0 spiro atoms. The van der Waals surface area contributed by atoms with Gasteiger partial charge in [0, 0.05) is 19.6 Å². The fourth-order valence-electron chi connectivity index (χ4n) is 4.54. The van der Waals surface area contributed by atoms with Crippen molar-refractivity contribution in [3.63, 3.8) is 0 Å². The third-order valence-electron chi connectivity index (χ3n) is 6.61. The van der Waals surface area contributed by atoms with E-state index in [-0.39, 0.29) is 24.6 Å². The highest BCUT2D eigenvalue weighted by Gasteiger charge is 2.18. The van der Waals surface area contributed by atoms with Crippen molar-refractivity contribution < 1.29 is 4.79 Å². The van der Waals surface area contributed by atoms with Crippen LogP contribution in [0.5, 0.6) is 0 Å². The Morgan fingerprint density at radius 2 is 1.64 bits per heavy atom. The Morgan fingerprint density at radius 1 is 0.970 bits per heavy atom. The Labute approximate surface area is 193 Å². The predicted molar refractivity (Wildman–Crippen MR) is 130 cm³/mol. The van der Waals surface area contributed by atoms with Gasteiger partial charge in [0.25, 0.3) is 5.56 Å². The number of hydrogen-bond donors (Lipinski definition) is 1. The molecule has 33 heavy (non-hydrogen) atoms. The second kappa shape index (κ2) is 10.2. The normalized spacial score (nSPS) is 15.1. The van der Waals surface area contributed by atoms with Crippen molar-refractivity contribution >= 4 is 16.8 Å². The number of para-hydroxylation sites is 1. The van der Waals surface area contributed by atoms with E-state index in [1.54, 1.807) is 31.2 Å². The molecule has 3 aromatic rings. The lowest BCUT2D eigenvalue weighted by Crippen LogP contribution is -2.42. The maximum Gasteiger partial charge on any atom is 0.331 e. The van der Waals surface area contributed by atoms with Gasteiger partial charge < -0.3 is 5.32 Å². The average Bonchev–Trinajstić information content (AvgIpc) is 2.83. The van der Waals surface area contributed by atoms with Gasteiger partial charge >= 0.3 is 5.69 Å². The van der Waals surface area contributed by atoms with Gasteiger partial charge in [0.05, 0.1) is 10.9 Å². The zero-order valence-electron chi connectivity index (χ0n) is 19.4. The summed E-state index contributed by atoms with van der Waals surface area (Å²) in [4.78, 5) is 40.8. The number of hydrogen-bond acceptors (Lipinski definition) is 4. The number of fused-ring (bicyclic) bond motifs is 1. The Hall–Kier alpha value is -3.19. The van der Waals surface area contributed by atoms with E-state index in [0.29, 0.717) is 17.4 Å². The van der Waals surface area contributed by atoms with Gasteiger partial charge in [-0.1, -0.05) is 43.3 Å². The Morgan fingerprint density at radius 3 is 2.36 bits per heavy atom. The molecule has 0 bridgehead atoms. The van der Waals surface area contributed by atoms with Gasteiger partial charge in [-0.15, -0.1) is 0 Å².